The number of carbonyl (C=O) groups excluding carboxylic acids is 1. The molecule has 7 nitrogen and oxygen atoms in total. The van der Waals surface area contributed by atoms with E-state index < -0.39 is 0 Å². The first kappa shape index (κ1) is 17.3. The lowest BCUT2D eigenvalue weighted by Gasteiger charge is -2.32. The molecule has 1 aliphatic heterocycles. The predicted octanol–water partition coefficient (Wildman–Crippen LogP) is 2.85. The molecule has 1 saturated heterocycles. The number of hydrogen-bond donors (Lipinski definition) is 1. The summed E-state index contributed by atoms with van der Waals surface area (Å²) >= 11 is 0. The molecule has 3 rings (SSSR count). The van der Waals surface area contributed by atoms with E-state index in [0.29, 0.717) is 5.92 Å². The third kappa shape index (κ3) is 4.10. The Labute approximate surface area is 148 Å². The number of carbonyl (C=O) groups is 1. The summed E-state index contributed by atoms with van der Waals surface area (Å²) in [6.07, 6.45) is 5.65. The smallest absolute Gasteiger partial charge is 0.321 e. The van der Waals surface area contributed by atoms with Crippen LogP contribution in [0, 0.1) is 19.8 Å². The largest absolute Gasteiger partial charge is 0.496 e. The Morgan fingerprint density at radius 2 is 2.24 bits per heavy atom. The molecule has 134 valence electrons. The molecular weight excluding hydrogens is 318 g/mol. The highest BCUT2D eigenvalue weighted by Crippen LogP contribution is 2.28. The Bertz CT molecular complexity index is 729. The number of amides is 2. The lowest BCUT2D eigenvalue weighted by Crippen LogP contribution is -2.43. The van der Waals surface area contributed by atoms with E-state index in [1.807, 2.05) is 41.8 Å². The number of aromatic nitrogens is 3. The minimum Gasteiger partial charge on any atom is -0.496 e. The Morgan fingerprint density at radius 3 is 2.96 bits per heavy atom. The highest BCUT2D eigenvalue weighted by Gasteiger charge is 2.24. The zero-order valence-corrected chi connectivity index (χ0v) is 15.0. The first-order valence-corrected chi connectivity index (χ1v) is 8.62. The fraction of sp³-hybridized carbons (Fsp3) is 0.500. The van der Waals surface area contributed by atoms with Gasteiger partial charge in [0.1, 0.15) is 5.75 Å². The SMILES string of the molecule is COc1cc(C)cc(NC(=O)N2CCC[C@@H](Cn3ccnn3)C2)c1C. The summed E-state index contributed by atoms with van der Waals surface area (Å²) in [6, 6.07) is 3.89. The molecule has 1 fully saturated rings. The van der Waals surface area contributed by atoms with E-state index in [2.05, 4.69) is 15.6 Å². The summed E-state index contributed by atoms with van der Waals surface area (Å²) in [5.41, 5.74) is 2.80. The van der Waals surface area contributed by atoms with Crippen LogP contribution in [0.15, 0.2) is 24.5 Å². The molecule has 0 unspecified atom stereocenters. The van der Waals surface area contributed by atoms with Crippen molar-refractivity contribution >= 4 is 11.7 Å². The van der Waals surface area contributed by atoms with Crippen LogP contribution in [0.25, 0.3) is 0 Å². The Hall–Kier alpha value is -2.57. The van der Waals surface area contributed by atoms with Gasteiger partial charge >= 0.3 is 6.03 Å². The zero-order valence-electron chi connectivity index (χ0n) is 15.0. The number of nitrogens with zero attached hydrogens (tertiary/aromatic N) is 4. The van der Waals surface area contributed by atoms with Crippen LogP contribution >= 0.6 is 0 Å². The summed E-state index contributed by atoms with van der Waals surface area (Å²) in [5, 5.41) is 10.9. The first-order chi connectivity index (χ1) is 12.1. The minimum atomic E-state index is -0.0564. The van der Waals surface area contributed by atoms with Crippen molar-refractivity contribution in [3.63, 3.8) is 0 Å². The van der Waals surface area contributed by atoms with Crippen molar-refractivity contribution < 1.29 is 9.53 Å². The molecule has 1 atom stereocenters. The second kappa shape index (κ2) is 7.55. The van der Waals surface area contributed by atoms with Gasteiger partial charge in [0, 0.05) is 37.1 Å². The van der Waals surface area contributed by atoms with Crippen molar-refractivity contribution in [2.75, 3.05) is 25.5 Å². The molecule has 2 aromatic rings. The molecule has 0 radical (unpaired) electrons. The van der Waals surface area contributed by atoms with E-state index in [0.717, 1.165) is 55.0 Å². The number of likely N-dealkylation sites (tertiary alicyclic amines) is 1. The van der Waals surface area contributed by atoms with Crippen molar-refractivity contribution in [1.29, 1.82) is 0 Å². The number of nitrogens with one attached hydrogen (secondary N) is 1. The van der Waals surface area contributed by atoms with Gasteiger partial charge in [-0.15, -0.1) is 5.10 Å². The summed E-state index contributed by atoms with van der Waals surface area (Å²) in [5.74, 6) is 1.19. The Balaban J connectivity index is 1.66. The van der Waals surface area contributed by atoms with Crippen LogP contribution in [0.1, 0.15) is 24.0 Å². The average molecular weight is 343 g/mol. The van der Waals surface area contributed by atoms with Gasteiger partial charge in [0.15, 0.2) is 0 Å². The number of methoxy groups -OCH3 is 1. The fourth-order valence-electron chi connectivity index (χ4n) is 3.35. The van der Waals surface area contributed by atoms with Crippen molar-refractivity contribution in [1.82, 2.24) is 19.9 Å². The summed E-state index contributed by atoms with van der Waals surface area (Å²) in [6.45, 7) is 6.25. The highest BCUT2D eigenvalue weighted by molar-refractivity contribution is 5.90. The molecule has 0 saturated carbocycles. The topological polar surface area (TPSA) is 72.3 Å². The zero-order chi connectivity index (χ0) is 17.8. The molecule has 0 bridgehead atoms. The number of anilines is 1. The van der Waals surface area contributed by atoms with Crippen LogP contribution in [0.4, 0.5) is 10.5 Å². The number of hydrogen-bond acceptors (Lipinski definition) is 4. The van der Waals surface area contributed by atoms with E-state index in [4.69, 9.17) is 4.74 Å². The van der Waals surface area contributed by atoms with Gasteiger partial charge in [-0.1, -0.05) is 5.21 Å². The number of piperidine rings is 1. The molecule has 1 aliphatic rings. The quantitative estimate of drug-likeness (QED) is 0.926. The third-order valence-corrected chi connectivity index (χ3v) is 4.69. The van der Waals surface area contributed by atoms with Gasteiger partial charge in [-0.05, 0) is 50.3 Å². The molecule has 1 aromatic heterocycles. The maximum Gasteiger partial charge on any atom is 0.321 e. The van der Waals surface area contributed by atoms with Crippen LogP contribution in [0.5, 0.6) is 5.75 Å². The fourth-order valence-corrected chi connectivity index (χ4v) is 3.35. The number of benzene rings is 1. The van der Waals surface area contributed by atoms with Crippen LogP contribution < -0.4 is 10.1 Å². The van der Waals surface area contributed by atoms with Gasteiger partial charge in [0.2, 0.25) is 0 Å². The van der Waals surface area contributed by atoms with Gasteiger partial charge < -0.3 is 15.0 Å². The second-order valence-electron chi connectivity index (χ2n) is 6.65. The molecule has 25 heavy (non-hydrogen) atoms. The number of aryl methyl sites for hydroxylation is 1. The molecular formula is C18H25N5O2. The van der Waals surface area contributed by atoms with Gasteiger partial charge in [-0.3, -0.25) is 4.68 Å². The monoisotopic (exact) mass is 343 g/mol. The molecule has 7 heteroatoms. The Morgan fingerprint density at radius 1 is 1.40 bits per heavy atom. The van der Waals surface area contributed by atoms with Crippen LogP contribution in [-0.4, -0.2) is 46.1 Å². The molecule has 1 aromatic carbocycles. The standard InChI is InChI=1S/C18H25N5O2/c1-13-9-16(14(2)17(10-13)25-3)20-18(24)22-7-4-5-15(11-22)12-23-8-6-19-21-23/h6,8-10,15H,4-5,7,11-12H2,1-3H3,(H,20,24)/t15-/m1/s1. The summed E-state index contributed by atoms with van der Waals surface area (Å²) < 4.78 is 7.22. The number of ether oxygens (including phenoxy) is 1. The number of urea groups is 1. The predicted molar refractivity (Wildman–Crippen MR) is 95.8 cm³/mol. The van der Waals surface area contributed by atoms with Crippen molar-refractivity contribution in [2.45, 2.75) is 33.2 Å². The lowest BCUT2D eigenvalue weighted by atomic mass is 9.98. The van der Waals surface area contributed by atoms with E-state index >= 15 is 0 Å². The number of rotatable bonds is 4. The van der Waals surface area contributed by atoms with Gasteiger partial charge in [0.25, 0.3) is 0 Å². The molecule has 2 amide bonds. The minimum absolute atomic E-state index is 0.0564. The Kier molecular flexibility index (Phi) is 5.21. The van der Waals surface area contributed by atoms with Crippen molar-refractivity contribution in [3.8, 4) is 5.75 Å². The lowest BCUT2D eigenvalue weighted by molar-refractivity contribution is 0.168. The van der Waals surface area contributed by atoms with Crippen LogP contribution in [-0.2, 0) is 6.54 Å². The van der Waals surface area contributed by atoms with E-state index in [1.165, 1.54) is 0 Å². The molecule has 2 heterocycles. The van der Waals surface area contributed by atoms with Crippen molar-refractivity contribution in [2.24, 2.45) is 5.92 Å². The second-order valence-corrected chi connectivity index (χ2v) is 6.65. The normalized spacial score (nSPS) is 17.4. The van der Waals surface area contributed by atoms with Crippen LogP contribution in [0.3, 0.4) is 0 Å². The summed E-state index contributed by atoms with van der Waals surface area (Å²) in [7, 11) is 1.65. The van der Waals surface area contributed by atoms with E-state index in [-0.39, 0.29) is 6.03 Å². The summed E-state index contributed by atoms with van der Waals surface area (Å²) in [4.78, 5) is 14.6. The van der Waals surface area contributed by atoms with Gasteiger partial charge in [0.05, 0.1) is 13.3 Å². The molecule has 0 spiro atoms. The average Bonchev–Trinajstić information content (AvgIpc) is 3.11. The van der Waals surface area contributed by atoms with Crippen LogP contribution in [0.2, 0.25) is 0 Å². The third-order valence-electron chi connectivity index (χ3n) is 4.69. The highest BCUT2D eigenvalue weighted by atomic mass is 16.5. The van der Waals surface area contributed by atoms with E-state index in [9.17, 15) is 4.79 Å². The first-order valence-electron chi connectivity index (χ1n) is 8.62. The van der Waals surface area contributed by atoms with E-state index in [1.54, 1.807) is 13.3 Å². The van der Waals surface area contributed by atoms with Crippen molar-refractivity contribution in [3.05, 3.63) is 35.7 Å². The molecule has 1 N–H and O–H groups in total. The molecule has 0 aliphatic carbocycles. The van der Waals surface area contributed by atoms with Gasteiger partial charge in [-0.25, -0.2) is 4.79 Å². The maximum absolute atomic E-state index is 12.7. The van der Waals surface area contributed by atoms with Gasteiger partial charge in [-0.2, -0.15) is 0 Å². The maximum atomic E-state index is 12.7.